The fourth-order valence-electron chi connectivity index (χ4n) is 3.26. The highest BCUT2D eigenvalue weighted by Crippen LogP contribution is 2.31. The molecule has 8 nitrogen and oxygen atoms in total. The van der Waals surface area contributed by atoms with Crippen molar-refractivity contribution in [3.05, 3.63) is 59.2 Å². The second-order valence-electron chi connectivity index (χ2n) is 8.71. The van der Waals surface area contributed by atoms with Crippen LogP contribution in [-0.4, -0.2) is 38.2 Å². The Morgan fingerprint density at radius 2 is 1.97 bits per heavy atom. The number of anilines is 2. The third kappa shape index (κ3) is 5.59. The third-order valence-electron chi connectivity index (χ3n) is 4.70. The molecule has 2 heterocycles. The second-order valence-corrected chi connectivity index (χ2v) is 9.12. The monoisotopic (exact) mass is 464 g/mol. The number of fused-ring (bicyclic) bond motifs is 1. The molecule has 0 atom stereocenters. The number of aromatic nitrogens is 4. The Labute approximate surface area is 196 Å². The summed E-state index contributed by atoms with van der Waals surface area (Å²) in [6.07, 6.45) is 1.73. The summed E-state index contributed by atoms with van der Waals surface area (Å²) >= 11 is 6.37. The smallest absolute Gasteiger partial charge is 0.258 e. The summed E-state index contributed by atoms with van der Waals surface area (Å²) in [6, 6.07) is 12.9. The van der Waals surface area contributed by atoms with Crippen molar-refractivity contribution in [1.82, 2.24) is 25.5 Å². The van der Waals surface area contributed by atoms with E-state index in [-0.39, 0.29) is 18.1 Å². The summed E-state index contributed by atoms with van der Waals surface area (Å²) in [7, 11) is 0. The highest BCUT2D eigenvalue weighted by atomic mass is 35.5. The SMILES string of the molecule is Cc1cc2c(Nc3cc[nH]n3)nc(-c3cccc(OCC(=O)NC(C)(C)C)c3)nc2cc1Cl. The van der Waals surface area contributed by atoms with E-state index in [2.05, 4.69) is 20.8 Å². The molecule has 0 bridgehead atoms. The van der Waals surface area contributed by atoms with Crippen LogP contribution in [0.3, 0.4) is 0 Å². The molecule has 3 N–H and O–H groups in total. The minimum Gasteiger partial charge on any atom is -0.484 e. The molecule has 9 heteroatoms. The zero-order valence-corrected chi connectivity index (χ0v) is 19.6. The number of aryl methyl sites for hydroxylation is 1. The fraction of sp³-hybridized carbons (Fsp3) is 0.250. The molecule has 0 spiro atoms. The van der Waals surface area contributed by atoms with Crippen LogP contribution in [0.4, 0.5) is 11.6 Å². The van der Waals surface area contributed by atoms with Gasteiger partial charge in [0.1, 0.15) is 11.6 Å². The average Bonchev–Trinajstić information content (AvgIpc) is 3.25. The van der Waals surface area contributed by atoms with E-state index in [1.807, 2.05) is 58.0 Å². The molecule has 1 amide bonds. The number of ether oxygens (including phenoxy) is 1. The van der Waals surface area contributed by atoms with Gasteiger partial charge in [0, 0.05) is 33.8 Å². The number of halogens is 1. The Morgan fingerprint density at radius 3 is 2.70 bits per heavy atom. The predicted octanol–water partition coefficient (Wildman–Crippen LogP) is 5.02. The number of hydrogen-bond donors (Lipinski definition) is 3. The molecule has 33 heavy (non-hydrogen) atoms. The van der Waals surface area contributed by atoms with E-state index < -0.39 is 0 Å². The van der Waals surface area contributed by atoms with Gasteiger partial charge in [0.15, 0.2) is 18.2 Å². The van der Waals surface area contributed by atoms with Crippen LogP contribution in [-0.2, 0) is 4.79 Å². The molecular weight excluding hydrogens is 440 g/mol. The largest absolute Gasteiger partial charge is 0.484 e. The lowest BCUT2D eigenvalue weighted by atomic mass is 10.1. The number of carbonyl (C=O) groups is 1. The number of benzene rings is 2. The van der Waals surface area contributed by atoms with Gasteiger partial charge in [-0.3, -0.25) is 9.89 Å². The maximum absolute atomic E-state index is 12.1. The van der Waals surface area contributed by atoms with Gasteiger partial charge in [-0.1, -0.05) is 23.7 Å². The first-order valence-electron chi connectivity index (χ1n) is 10.5. The third-order valence-corrected chi connectivity index (χ3v) is 5.11. The summed E-state index contributed by atoms with van der Waals surface area (Å²) in [4.78, 5) is 21.6. The maximum Gasteiger partial charge on any atom is 0.258 e. The van der Waals surface area contributed by atoms with E-state index in [1.54, 1.807) is 18.3 Å². The molecule has 0 aliphatic carbocycles. The van der Waals surface area contributed by atoms with E-state index in [1.165, 1.54) is 0 Å². The molecule has 0 saturated heterocycles. The Bertz CT molecular complexity index is 1300. The molecule has 0 radical (unpaired) electrons. The number of nitrogens with zero attached hydrogens (tertiary/aromatic N) is 3. The molecule has 4 aromatic rings. The molecule has 0 aliphatic heterocycles. The Balaban J connectivity index is 1.67. The van der Waals surface area contributed by atoms with Crippen molar-refractivity contribution in [3.63, 3.8) is 0 Å². The molecule has 2 aromatic heterocycles. The summed E-state index contributed by atoms with van der Waals surface area (Å²) in [6.45, 7) is 7.62. The predicted molar refractivity (Wildman–Crippen MR) is 130 cm³/mol. The Kier molecular flexibility index (Phi) is 6.20. The van der Waals surface area contributed by atoms with Crippen molar-refractivity contribution in [3.8, 4) is 17.1 Å². The van der Waals surface area contributed by atoms with Crippen molar-refractivity contribution in [2.45, 2.75) is 33.2 Å². The van der Waals surface area contributed by atoms with E-state index in [9.17, 15) is 4.79 Å². The van der Waals surface area contributed by atoms with E-state index >= 15 is 0 Å². The fourth-order valence-corrected chi connectivity index (χ4v) is 3.42. The van der Waals surface area contributed by atoms with E-state index in [0.717, 1.165) is 16.5 Å². The Morgan fingerprint density at radius 1 is 1.15 bits per heavy atom. The minimum absolute atomic E-state index is 0.0832. The molecular formula is C24H25ClN6O2. The zero-order chi connectivity index (χ0) is 23.6. The molecule has 0 aliphatic rings. The van der Waals surface area contributed by atoms with Gasteiger partial charge >= 0.3 is 0 Å². The number of aromatic amines is 1. The van der Waals surface area contributed by atoms with Gasteiger partial charge in [0.25, 0.3) is 5.91 Å². The maximum atomic E-state index is 12.1. The van der Waals surface area contributed by atoms with Crippen molar-refractivity contribution >= 4 is 40.0 Å². The lowest BCUT2D eigenvalue weighted by molar-refractivity contribution is -0.124. The van der Waals surface area contributed by atoms with Crippen molar-refractivity contribution in [2.75, 3.05) is 11.9 Å². The highest BCUT2D eigenvalue weighted by Gasteiger charge is 2.15. The lowest BCUT2D eigenvalue weighted by Gasteiger charge is -2.20. The molecule has 2 aromatic carbocycles. The molecule has 4 rings (SSSR count). The summed E-state index contributed by atoms with van der Waals surface area (Å²) in [5.41, 5.74) is 2.05. The van der Waals surface area contributed by atoms with E-state index in [4.69, 9.17) is 26.3 Å². The first-order valence-corrected chi connectivity index (χ1v) is 10.8. The number of H-pyrrole nitrogens is 1. The quantitative estimate of drug-likeness (QED) is 0.370. The summed E-state index contributed by atoms with van der Waals surface area (Å²) in [5, 5.41) is 14.5. The van der Waals surface area contributed by atoms with Gasteiger partial charge in [-0.15, -0.1) is 0 Å². The van der Waals surface area contributed by atoms with Gasteiger partial charge in [0.05, 0.1) is 5.52 Å². The number of hydrogen-bond acceptors (Lipinski definition) is 6. The van der Waals surface area contributed by atoms with Gasteiger partial charge in [-0.05, 0) is 57.5 Å². The molecule has 0 unspecified atom stereocenters. The Hall–Kier alpha value is -3.65. The van der Waals surface area contributed by atoms with Gasteiger partial charge in [-0.25, -0.2) is 9.97 Å². The van der Waals surface area contributed by atoms with Crippen molar-refractivity contribution < 1.29 is 9.53 Å². The van der Waals surface area contributed by atoms with Crippen LogP contribution in [0.25, 0.3) is 22.3 Å². The normalized spacial score (nSPS) is 11.4. The number of carbonyl (C=O) groups excluding carboxylic acids is 1. The minimum atomic E-state index is -0.321. The average molecular weight is 465 g/mol. The van der Waals surface area contributed by atoms with Crippen molar-refractivity contribution in [2.24, 2.45) is 0 Å². The van der Waals surface area contributed by atoms with Crippen LogP contribution >= 0.6 is 11.6 Å². The van der Waals surface area contributed by atoms with E-state index in [0.29, 0.717) is 33.7 Å². The van der Waals surface area contributed by atoms with Crippen LogP contribution < -0.4 is 15.4 Å². The zero-order valence-electron chi connectivity index (χ0n) is 18.9. The van der Waals surface area contributed by atoms with Gasteiger partial charge in [-0.2, -0.15) is 5.10 Å². The lowest BCUT2D eigenvalue weighted by Crippen LogP contribution is -2.43. The van der Waals surface area contributed by atoms with Crippen LogP contribution in [0.15, 0.2) is 48.7 Å². The standard InChI is InChI=1S/C24H25ClN6O2/c1-14-10-17-19(12-18(14)25)27-22(29-23(17)28-20-8-9-26-31-20)15-6-5-7-16(11-15)33-13-21(32)30-24(2,3)4/h5-12H,13H2,1-4H3,(H,30,32)(H2,26,27,28,29,31). The topological polar surface area (TPSA) is 105 Å². The van der Waals surface area contributed by atoms with Crippen LogP contribution in [0.2, 0.25) is 5.02 Å². The highest BCUT2D eigenvalue weighted by molar-refractivity contribution is 6.32. The molecule has 0 fully saturated rings. The molecule has 0 saturated carbocycles. The number of nitrogens with one attached hydrogen (secondary N) is 3. The van der Waals surface area contributed by atoms with Crippen LogP contribution in [0.1, 0.15) is 26.3 Å². The van der Waals surface area contributed by atoms with Crippen LogP contribution in [0.5, 0.6) is 5.75 Å². The van der Waals surface area contributed by atoms with Gasteiger partial charge in [0.2, 0.25) is 0 Å². The summed E-state index contributed by atoms with van der Waals surface area (Å²) in [5.74, 6) is 2.09. The second kappa shape index (κ2) is 9.07. The number of rotatable bonds is 6. The van der Waals surface area contributed by atoms with Gasteiger partial charge < -0.3 is 15.4 Å². The first-order chi connectivity index (χ1) is 15.7. The van der Waals surface area contributed by atoms with Crippen LogP contribution in [0, 0.1) is 6.92 Å². The summed E-state index contributed by atoms with van der Waals surface area (Å²) < 4.78 is 5.70. The van der Waals surface area contributed by atoms with Crippen molar-refractivity contribution in [1.29, 1.82) is 0 Å². The molecule has 170 valence electrons. The first kappa shape index (κ1) is 22.5. The number of amides is 1.